The van der Waals surface area contributed by atoms with Gasteiger partial charge in [-0.1, -0.05) is 48.9 Å². The van der Waals surface area contributed by atoms with Crippen LogP contribution in [0.3, 0.4) is 0 Å². The van der Waals surface area contributed by atoms with Gasteiger partial charge in [-0.25, -0.2) is 13.5 Å². The summed E-state index contributed by atoms with van der Waals surface area (Å²) in [6.45, 7) is 3.44. The fraction of sp³-hybridized carbons (Fsp3) is 0.250. The molecule has 3 heterocycles. The highest BCUT2D eigenvalue weighted by Gasteiger charge is 2.26. The minimum atomic E-state index is -1.00. The maximum atomic E-state index is 14.0. The summed E-state index contributed by atoms with van der Waals surface area (Å²) in [7, 11) is 0. The third-order valence-electron chi connectivity index (χ3n) is 5.90. The van der Waals surface area contributed by atoms with Gasteiger partial charge in [-0.2, -0.15) is 5.10 Å². The number of aromatic nitrogens is 4. The van der Waals surface area contributed by atoms with Crippen LogP contribution < -0.4 is 0 Å². The lowest BCUT2D eigenvalue weighted by Gasteiger charge is -2.15. The number of benzene rings is 2. The standard InChI is InChI=1S/C24H20ClF2N5O/c1-14-9-10-31(12-14)19(33)13-32-24-20(22(30-32)16-7-8-17(26)18(27)11-16)21(25)23(28-29-24)15-5-3-2-4-6-15/h2-8,11,14H,9-10,12-13H2,1H3/t14-/m1/s1. The van der Waals surface area contributed by atoms with Crippen molar-refractivity contribution in [3.8, 4) is 22.5 Å². The van der Waals surface area contributed by atoms with Crippen molar-refractivity contribution < 1.29 is 13.6 Å². The zero-order valence-electron chi connectivity index (χ0n) is 17.8. The first-order chi connectivity index (χ1) is 15.9. The molecule has 1 aliphatic heterocycles. The number of hydrogen-bond acceptors (Lipinski definition) is 4. The molecule has 1 aliphatic rings. The van der Waals surface area contributed by atoms with Gasteiger partial charge in [-0.05, 0) is 30.5 Å². The Balaban J connectivity index is 1.66. The largest absolute Gasteiger partial charge is 0.341 e. The van der Waals surface area contributed by atoms with E-state index in [2.05, 4.69) is 22.2 Å². The van der Waals surface area contributed by atoms with Crippen molar-refractivity contribution in [1.29, 1.82) is 0 Å². The lowest BCUT2D eigenvalue weighted by Crippen LogP contribution is -2.32. The van der Waals surface area contributed by atoms with Crippen LogP contribution in [0, 0.1) is 17.6 Å². The average molecular weight is 468 g/mol. The SMILES string of the molecule is C[C@@H]1CCN(C(=O)Cn2nc(-c3ccc(F)c(F)c3)c3c(Cl)c(-c4ccccc4)nnc32)C1. The molecule has 0 spiro atoms. The van der Waals surface area contributed by atoms with E-state index in [4.69, 9.17) is 11.6 Å². The van der Waals surface area contributed by atoms with E-state index in [9.17, 15) is 13.6 Å². The molecule has 9 heteroatoms. The van der Waals surface area contributed by atoms with Gasteiger partial charge in [0.2, 0.25) is 5.91 Å². The molecule has 2 aromatic heterocycles. The highest BCUT2D eigenvalue weighted by molar-refractivity contribution is 6.38. The fourth-order valence-corrected chi connectivity index (χ4v) is 4.46. The van der Waals surface area contributed by atoms with Crippen LogP contribution in [-0.4, -0.2) is 43.9 Å². The Morgan fingerprint density at radius 1 is 1.06 bits per heavy atom. The third-order valence-corrected chi connectivity index (χ3v) is 6.27. The van der Waals surface area contributed by atoms with Crippen molar-refractivity contribution in [3.63, 3.8) is 0 Å². The maximum absolute atomic E-state index is 14.0. The normalized spacial score (nSPS) is 16.0. The van der Waals surface area contributed by atoms with Crippen molar-refractivity contribution in [3.05, 3.63) is 65.2 Å². The van der Waals surface area contributed by atoms with Crippen LogP contribution in [0.2, 0.25) is 5.02 Å². The molecule has 2 aromatic carbocycles. The first kappa shape index (κ1) is 21.5. The van der Waals surface area contributed by atoms with Crippen molar-refractivity contribution in [2.45, 2.75) is 19.9 Å². The summed E-state index contributed by atoms with van der Waals surface area (Å²) in [5, 5.41) is 13.9. The van der Waals surface area contributed by atoms with Gasteiger partial charge in [0, 0.05) is 24.2 Å². The molecule has 1 saturated heterocycles. The van der Waals surface area contributed by atoms with E-state index in [1.165, 1.54) is 10.7 Å². The molecule has 5 rings (SSSR count). The topological polar surface area (TPSA) is 63.9 Å². The second-order valence-corrected chi connectivity index (χ2v) is 8.67. The average Bonchev–Trinajstić information content (AvgIpc) is 3.41. The second-order valence-electron chi connectivity index (χ2n) is 8.30. The first-order valence-corrected chi connectivity index (χ1v) is 11.0. The summed E-state index contributed by atoms with van der Waals surface area (Å²) in [6.07, 6.45) is 0.956. The van der Waals surface area contributed by atoms with Crippen molar-refractivity contribution in [2.24, 2.45) is 5.92 Å². The number of hydrogen-bond donors (Lipinski definition) is 0. The van der Waals surface area contributed by atoms with Crippen LogP contribution in [0.1, 0.15) is 13.3 Å². The number of rotatable bonds is 4. The fourth-order valence-electron chi connectivity index (χ4n) is 4.14. The molecule has 0 aliphatic carbocycles. The highest BCUT2D eigenvalue weighted by atomic mass is 35.5. The van der Waals surface area contributed by atoms with Gasteiger partial charge in [0.15, 0.2) is 17.3 Å². The maximum Gasteiger partial charge on any atom is 0.244 e. The quantitative estimate of drug-likeness (QED) is 0.425. The van der Waals surface area contributed by atoms with Crippen molar-refractivity contribution in [2.75, 3.05) is 13.1 Å². The molecule has 0 saturated carbocycles. The van der Waals surface area contributed by atoms with Gasteiger partial charge in [0.1, 0.15) is 17.9 Å². The summed E-state index contributed by atoms with van der Waals surface area (Å²) in [4.78, 5) is 14.7. The minimum absolute atomic E-state index is 0.0530. The molecule has 1 amide bonds. The molecular formula is C24H20ClF2N5O. The lowest BCUT2D eigenvalue weighted by molar-refractivity contribution is -0.131. The lowest BCUT2D eigenvalue weighted by atomic mass is 10.1. The number of likely N-dealkylation sites (tertiary alicyclic amines) is 1. The zero-order valence-corrected chi connectivity index (χ0v) is 18.6. The Labute approximate surface area is 193 Å². The number of amides is 1. The van der Waals surface area contributed by atoms with E-state index in [1.54, 1.807) is 4.90 Å². The number of halogens is 3. The predicted molar refractivity (Wildman–Crippen MR) is 121 cm³/mol. The Bertz CT molecular complexity index is 1360. The number of carbonyl (C=O) groups is 1. The summed E-state index contributed by atoms with van der Waals surface area (Å²) in [5.41, 5.74) is 2.13. The molecule has 1 fully saturated rings. The van der Waals surface area contributed by atoms with Crippen LogP contribution in [0.15, 0.2) is 48.5 Å². The first-order valence-electron chi connectivity index (χ1n) is 10.6. The van der Waals surface area contributed by atoms with E-state index in [0.29, 0.717) is 47.0 Å². The van der Waals surface area contributed by atoms with Gasteiger partial charge in [-0.3, -0.25) is 4.79 Å². The molecular weight excluding hydrogens is 448 g/mol. The molecule has 1 atom stereocenters. The van der Waals surface area contributed by atoms with E-state index in [-0.39, 0.29) is 17.5 Å². The number of carbonyl (C=O) groups excluding carboxylic acids is 1. The monoisotopic (exact) mass is 467 g/mol. The van der Waals surface area contributed by atoms with Gasteiger partial charge in [0.05, 0.1) is 10.4 Å². The summed E-state index contributed by atoms with van der Waals surface area (Å²) >= 11 is 6.78. The van der Waals surface area contributed by atoms with Gasteiger partial charge in [0.25, 0.3) is 0 Å². The Morgan fingerprint density at radius 3 is 2.55 bits per heavy atom. The molecule has 168 valence electrons. The Morgan fingerprint density at radius 2 is 1.85 bits per heavy atom. The summed E-state index contributed by atoms with van der Waals surface area (Å²) in [6, 6.07) is 12.8. The minimum Gasteiger partial charge on any atom is -0.341 e. The molecule has 0 radical (unpaired) electrons. The van der Waals surface area contributed by atoms with Crippen molar-refractivity contribution >= 4 is 28.5 Å². The number of fused-ring (bicyclic) bond motifs is 1. The van der Waals surface area contributed by atoms with Gasteiger partial charge in [-0.15, -0.1) is 10.2 Å². The highest BCUT2D eigenvalue weighted by Crippen LogP contribution is 2.37. The van der Waals surface area contributed by atoms with Crippen molar-refractivity contribution in [1.82, 2.24) is 24.9 Å². The predicted octanol–water partition coefficient (Wildman–Crippen LogP) is 4.96. The third kappa shape index (κ3) is 3.95. The van der Waals surface area contributed by atoms with E-state index in [1.807, 2.05) is 30.3 Å². The van der Waals surface area contributed by atoms with Crippen LogP contribution in [0.5, 0.6) is 0 Å². The van der Waals surface area contributed by atoms with Crippen LogP contribution in [0.4, 0.5) is 8.78 Å². The zero-order chi connectivity index (χ0) is 23.1. The van der Waals surface area contributed by atoms with Crippen LogP contribution in [-0.2, 0) is 11.3 Å². The Kier molecular flexibility index (Phi) is 5.54. The molecule has 33 heavy (non-hydrogen) atoms. The molecule has 0 unspecified atom stereocenters. The summed E-state index contributed by atoms with van der Waals surface area (Å²) in [5.74, 6) is -1.61. The van der Waals surface area contributed by atoms with Gasteiger partial charge < -0.3 is 4.90 Å². The van der Waals surface area contributed by atoms with Crippen LogP contribution in [0.25, 0.3) is 33.5 Å². The molecule has 0 bridgehead atoms. The van der Waals surface area contributed by atoms with Gasteiger partial charge >= 0.3 is 0 Å². The Hall–Kier alpha value is -3.39. The number of nitrogens with zero attached hydrogens (tertiary/aromatic N) is 5. The summed E-state index contributed by atoms with van der Waals surface area (Å²) < 4.78 is 29.0. The van der Waals surface area contributed by atoms with E-state index in [0.717, 1.165) is 24.1 Å². The molecule has 6 nitrogen and oxygen atoms in total. The second kappa shape index (κ2) is 8.51. The molecule has 4 aromatic rings. The molecule has 0 N–H and O–H groups in total. The van der Waals surface area contributed by atoms with Crippen LogP contribution >= 0.6 is 11.6 Å². The smallest absolute Gasteiger partial charge is 0.244 e. The van der Waals surface area contributed by atoms with E-state index < -0.39 is 11.6 Å². The van der Waals surface area contributed by atoms with E-state index >= 15 is 0 Å².